The Morgan fingerprint density at radius 3 is 1.26 bits per heavy atom. The van der Waals surface area contributed by atoms with Gasteiger partial charge in [-0.25, -0.2) is 0 Å². The van der Waals surface area contributed by atoms with Crippen molar-refractivity contribution in [3.05, 3.63) is 0 Å². The Bertz CT molecular complexity index is 288. The van der Waals surface area contributed by atoms with Gasteiger partial charge in [-0.05, 0) is 0 Å². The van der Waals surface area contributed by atoms with Gasteiger partial charge in [0.15, 0.2) is 0 Å². The predicted molar refractivity (Wildman–Crippen MR) is 156 cm³/mol. The summed E-state index contributed by atoms with van der Waals surface area (Å²) >= 11 is 2.25. The van der Waals surface area contributed by atoms with E-state index in [9.17, 15) is 0 Å². The fraction of sp³-hybridized carbons (Fsp3) is 1.00. The summed E-state index contributed by atoms with van der Waals surface area (Å²) < 4.78 is 27.2. The molecule has 0 bridgehead atoms. The molecule has 0 aliphatic rings. The lowest BCUT2D eigenvalue weighted by molar-refractivity contribution is 0.0341. The van der Waals surface area contributed by atoms with E-state index in [2.05, 4.69) is 38.5 Å². The van der Waals surface area contributed by atoms with E-state index in [-0.39, 0.29) is 20.6 Å². The first-order valence-electron chi connectivity index (χ1n) is 12.6. The van der Waals surface area contributed by atoms with Gasteiger partial charge in [0.1, 0.15) is 0 Å². The molecule has 220 valence electrons. The summed E-state index contributed by atoms with van der Waals surface area (Å²) in [5.74, 6) is 0. The van der Waals surface area contributed by atoms with Crippen LogP contribution in [0.5, 0.6) is 0 Å². The number of rotatable bonds is 24. The number of hydrogen-bond donors (Lipinski definition) is 8. The van der Waals surface area contributed by atoms with Crippen LogP contribution in [0.2, 0.25) is 0 Å². The molecule has 13 heteroatoms. The van der Waals surface area contributed by atoms with E-state index in [0.717, 1.165) is 50.3 Å². The standard InChI is InChI=1S/C10H25N3O3.C6H13IO3.C4H13N3.2CH4/c11-1-2-12-3-4-13-5-7-15-9-10-16-8-6-14;7-1-3-9-5-6-10-4-2-8;5-1-3-7-4-2-6;;/h12-14H,1-11H2;8H,1-6H2;7H,1-6H2;2*1H4/i;;;1T;. The normalized spacial score (nSPS) is 9.97. The number of aliphatic hydroxyl groups excluding tert-OH is 2. The Balaban J connectivity index is -0.000000138. The second-order valence-corrected chi connectivity index (χ2v) is 7.28. The van der Waals surface area contributed by atoms with E-state index in [1.54, 1.807) is 0 Å². The third-order valence-electron chi connectivity index (χ3n) is 3.30. The summed E-state index contributed by atoms with van der Waals surface area (Å²) in [5, 5.41) is 26.2. The van der Waals surface area contributed by atoms with Crippen LogP contribution in [-0.4, -0.2) is 140 Å². The lowest BCUT2D eigenvalue weighted by Crippen LogP contribution is -2.32. The van der Waals surface area contributed by atoms with Gasteiger partial charge in [-0.2, -0.15) is 0 Å². The molecule has 0 saturated heterocycles. The number of nitrogens with one attached hydrogen (secondary N) is 3. The maximum atomic E-state index is 8.44. The van der Waals surface area contributed by atoms with Crippen LogP contribution in [0.4, 0.5) is 0 Å². The summed E-state index contributed by atoms with van der Waals surface area (Å²) in [6.07, 6.45) is 0. The van der Waals surface area contributed by atoms with E-state index in [1.807, 2.05) is 0 Å². The van der Waals surface area contributed by atoms with E-state index in [4.69, 9.17) is 47.7 Å². The van der Waals surface area contributed by atoms with Gasteiger partial charge < -0.3 is 62.3 Å². The van der Waals surface area contributed by atoms with Crippen LogP contribution in [0.3, 0.4) is 0 Å². The Morgan fingerprint density at radius 2 is 0.886 bits per heavy atom. The highest BCUT2D eigenvalue weighted by atomic mass is 127. The second kappa shape index (κ2) is 51.0. The first-order valence-corrected chi connectivity index (χ1v) is 13.1. The smallest absolute Gasteiger partial charge is 0.0701 e. The quantitative estimate of drug-likeness (QED) is 0.0345. The average Bonchev–Trinajstić information content (AvgIpc) is 2.89. The van der Waals surface area contributed by atoms with Gasteiger partial charge >= 0.3 is 0 Å². The molecule has 35 heavy (non-hydrogen) atoms. The van der Waals surface area contributed by atoms with Gasteiger partial charge in [0, 0.05) is 64.7 Å². The largest absolute Gasteiger partial charge is 0.394 e. The van der Waals surface area contributed by atoms with Crippen molar-refractivity contribution < 1.29 is 30.5 Å². The van der Waals surface area contributed by atoms with Crippen molar-refractivity contribution in [3.63, 3.8) is 0 Å². The lowest BCUT2D eigenvalue weighted by atomic mass is 10.5. The number of ether oxygens (including phenoxy) is 4. The summed E-state index contributed by atoms with van der Waals surface area (Å²) in [6, 6.07) is 0. The molecule has 0 rings (SSSR count). The molecule has 12 nitrogen and oxygen atoms in total. The first kappa shape index (κ1) is 42.3. The monoisotopic (exact) mass is 632 g/mol. The molecule has 0 aliphatic heterocycles. The molecule has 0 aromatic carbocycles. The molecular weight excluding hydrogens is 571 g/mol. The van der Waals surface area contributed by atoms with Gasteiger partial charge in [-0.1, -0.05) is 37.4 Å². The Labute approximate surface area is 230 Å². The summed E-state index contributed by atoms with van der Waals surface area (Å²) in [5.41, 5.74) is 15.7. The minimum Gasteiger partial charge on any atom is -0.394 e. The van der Waals surface area contributed by atoms with Crippen LogP contribution in [0.15, 0.2) is 0 Å². The first-order chi connectivity index (χ1) is 17.2. The molecule has 11 N–H and O–H groups in total. The summed E-state index contributed by atoms with van der Waals surface area (Å²) in [7, 11) is 1.25. The number of hydrogen-bond acceptors (Lipinski definition) is 12. The number of alkyl halides is 1. The summed E-state index contributed by atoms with van der Waals surface area (Å²) in [4.78, 5) is 0. The lowest BCUT2D eigenvalue weighted by Gasteiger charge is -2.07. The fourth-order valence-electron chi connectivity index (χ4n) is 1.83. The highest BCUT2D eigenvalue weighted by Crippen LogP contribution is 1.83. The highest BCUT2D eigenvalue weighted by Gasteiger charge is 1.90. The molecule has 0 aliphatic carbocycles. The number of aliphatic hydroxyl groups is 2. The molecule has 0 saturated carbocycles. The average molecular weight is 633 g/mol. The minimum absolute atomic E-state index is 0. The molecule has 0 unspecified atom stereocenters. The SMILES string of the molecule is C.NCCNCCN.NCCNCCNCCOCCOCCO.OCCOCCOCCI.[3H]C. The zero-order chi connectivity index (χ0) is 27.1. The predicted octanol–water partition coefficient (Wildman–Crippen LogP) is -1.64. The van der Waals surface area contributed by atoms with Crippen molar-refractivity contribution in [2.45, 2.75) is 14.8 Å². The van der Waals surface area contributed by atoms with Crippen molar-refractivity contribution in [3.8, 4) is 0 Å². The molecule has 0 radical (unpaired) electrons. The molecule has 0 spiro atoms. The van der Waals surface area contributed by atoms with E-state index < -0.39 is 0 Å². The Morgan fingerprint density at radius 1 is 0.543 bits per heavy atom. The van der Waals surface area contributed by atoms with Gasteiger partial charge in [0.25, 0.3) is 0 Å². The van der Waals surface area contributed by atoms with Crippen molar-refractivity contribution >= 4 is 22.6 Å². The van der Waals surface area contributed by atoms with E-state index >= 15 is 0 Å². The van der Waals surface area contributed by atoms with Crippen molar-refractivity contribution in [1.29, 1.82) is 0 Å². The maximum Gasteiger partial charge on any atom is 0.0701 e. The zero-order valence-corrected chi connectivity index (χ0v) is 23.4. The van der Waals surface area contributed by atoms with Crippen molar-refractivity contribution in [2.75, 3.05) is 129 Å². The van der Waals surface area contributed by atoms with Gasteiger partial charge in [-0.15, -0.1) is 0 Å². The Hall–Kier alpha value is 0.250. The summed E-state index contributed by atoms with van der Waals surface area (Å²) in [6.45, 7) is 12.1. The fourth-order valence-corrected chi connectivity index (χ4v) is 2.14. The van der Waals surface area contributed by atoms with Crippen LogP contribution in [-0.2, 0) is 18.9 Å². The maximum absolute atomic E-state index is 8.44. The van der Waals surface area contributed by atoms with Gasteiger partial charge in [0.2, 0.25) is 0 Å². The van der Waals surface area contributed by atoms with E-state index in [0.29, 0.717) is 65.9 Å². The topological polar surface area (TPSA) is 192 Å². The van der Waals surface area contributed by atoms with Crippen LogP contribution >= 0.6 is 22.6 Å². The third-order valence-corrected chi connectivity index (χ3v) is 3.74. The molecule has 0 aromatic rings. The minimum atomic E-state index is 0. The second-order valence-electron chi connectivity index (χ2n) is 6.20. The van der Waals surface area contributed by atoms with Crippen LogP contribution < -0.4 is 33.2 Å². The molecule has 0 amide bonds. The molecular formula is C22H59IN6O6. The van der Waals surface area contributed by atoms with Gasteiger partial charge in [0.05, 0.1) is 66.1 Å². The zero-order valence-electron chi connectivity index (χ0n) is 22.3. The van der Waals surface area contributed by atoms with Crippen LogP contribution in [0.1, 0.15) is 16.2 Å². The van der Waals surface area contributed by atoms with Crippen molar-refractivity contribution in [1.82, 2.24) is 16.0 Å². The Kier molecular flexibility index (Phi) is 61.7. The number of nitrogens with two attached hydrogens (primary N) is 3. The van der Waals surface area contributed by atoms with Crippen LogP contribution in [0, 0.1) is 0 Å². The third kappa shape index (κ3) is 60.6. The molecule has 0 fully saturated rings. The van der Waals surface area contributed by atoms with Gasteiger partial charge in [-0.3, -0.25) is 0 Å². The van der Waals surface area contributed by atoms with Crippen molar-refractivity contribution in [2.24, 2.45) is 17.2 Å². The molecule has 0 atom stereocenters. The van der Waals surface area contributed by atoms with E-state index in [1.165, 1.54) is 7.40 Å². The highest BCUT2D eigenvalue weighted by molar-refractivity contribution is 14.1. The molecule has 0 heterocycles. The van der Waals surface area contributed by atoms with Crippen LogP contribution in [0.25, 0.3) is 0 Å². The molecule has 0 aromatic heterocycles. The number of halogens is 1.